The maximum atomic E-state index is 12.1. The largest absolute Gasteiger partial charge is 0.495 e. The second kappa shape index (κ2) is 9.51. The zero-order chi connectivity index (χ0) is 20.0. The number of hydrogen-bond acceptors (Lipinski definition) is 5. The molecule has 0 aromatic heterocycles. The number of ether oxygens (including phenoxy) is 2. The highest BCUT2D eigenvalue weighted by Gasteiger charge is 2.25. The molecule has 0 atom stereocenters. The summed E-state index contributed by atoms with van der Waals surface area (Å²) in [4.78, 5) is 16.3. The molecule has 27 heavy (non-hydrogen) atoms. The number of nitrogens with one attached hydrogen (secondary N) is 1. The maximum Gasteiger partial charge on any atom is 0.410 e. The van der Waals surface area contributed by atoms with Gasteiger partial charge in [-0.3, -0.25) is 4.90 Å². The molecule has 1 aliphatic rings. The van der Waals surface area contributed by atoms with Crippen LogP contribution in [0.3, 0.4) is 0 Å². The number of carbonyl (C=O) groups excluding carboxylic acids is 1. The fourth-order valence-electron chi connectivity index (χ4n) is 3.01. The molecule has 1 aliphatic heterocycles. The highest BCUT2D eigenvalue weighted by Crippen LogP contribution is 2.31. The Bertz CT molecular complexity index is 638. The number of aryl methyl sites for hydroxylation is 1. The summed E-state index contributed by atoms with van der Waals surface area (Å²) in [6.07, 6.45) is 0.655. The Morgan fingerprint density at radius 2 is 1.89 bits per heavy atom. The predicted octanol–water partition coefficient (Wildman–Crippen LogP) is 3.88. The summed E-state index contributed by atoms with van der Waals surface area (Å²) < 4.78 is 10.9. The van der Waals surface area contributed by atoms with Crippen LogP contribution < -0.4 is 10.1 Å². The fourth-order valence-corrected chi connectivity index (χ4v) is 3.29. The number of rotatable bonds is 6. The van der Waals surface area contributed by atoms with Crippen molar-refractivity contribution in [2.24, 2.45) is 0 Å². The van der Waals surface area contributed by atoms with E-state index in [2.05, 4.69) is 23.2 Å². The molecule has 1 amide bonds. The van der Waals surface area contributed by atoms with Gasteiger partial charge in [0.25, 0.3) is 0 Å². The first-order valence-electron chi connectivity index (χ1n) is 9.54. The Balaban J connectivity index is 1.80. The molecule has 1 heterocycles. The number of halogens is 1. The molecule has 0 spiro atoms. The van der Waals surface area contributed by atoms with Gasteiger partial charge >= 0.3 is 6.09 Å². The van der Waals surface area contributed by atoms with Gasteiger partial charge in [0.15, 0.2) is 0 Å². The van der Waals surface area contributed by atoms with Crippen molar-refractivity contribution < 1.29 is 14.3 Å². The SMILES string of the molecule is CCc1cc(NCCN2CCN(C(=O)OC(C)(C)C)CC2)c(OC)cc1Cl. The third-order valence-corrected chi connectivity index (χ3v) is 4.87. The van der Waals surface area contributed by atoms with Crippen molar-refractivity contribution in [3.05, 3.63) is 22.7 Å². The summed E-state index contributed by atoms with van der Waals surface area (Å²) in [6.45, 7) is 12.5. The number of hydrogen-bond donors (Lipinski definition) is 1. The first-order chi connectivity index (χ1) is 12.7. The van der Waals surface area contributed by atoms with Gasteiger partial charge in [-0.2, -0.15) is 0 Å². The van der Waals surface area contributed by atoms with E-state index in [1.165, 1.54) is 0 Å². The quantitative estimate of drug-likeness (QED) is 0.789. The Morgan fingerprint density at radius 1 is 1.22 bits per heavy atom. The standard InChI is InChI=1S/C20H32ClN3O3/c1-6-15-13-17(18(26-5)14-16(15)21)22-7-8-23-9-11-24(12-10-23)19(25)27-20(2,3)4/h13-14,22H,6-12H2,1-5H3. The van der Waals surface area contributed by atoms with E-state index < -0.39 is 5.60 Å². The molecule has 1 saturated heterocycles. The summed E-state index contributed by atoms with van der Waals surface area (Å²) in [5, 5.41) is 4.18. The lowest BCUT2D eigenvalue weighted by Gasteiger charge is -2.35. The lowest BCUT2D eigenvalue weighted by molar-refractivity contribution is 0.0148. The summed E-state index contributed by atoms with van der Waals surface area (Å²) in [6, 6.07) is 3.92. The normalized spacial score (nSPS) is 15.6. The number of benzene rings is 1. The van der Waals surface area contributed by atoms with Gasteiger partial charge in [0.2, 0.25) is 0 Å². The van der Waals surface area contributed by atoms with Crippen LogP contribution in [0.2, 0.25) is 5.02 Å². The molecular formula is C20H32ClN3O3. The molecule has 0 saturated carbocycles. The second-order valence-corrected chi connectivity index (χ2v) is 8.14. The number of piperazine rings is 1. The molecule has 7 heteroatoms. The van der Waals surface area contributed by atoms with Crippen LogP contribution in [-0.2, 0) is 11.2 Å². The minimum Gasteiger partial charge on any atom is -0.495 e. The van der Waals surface area contributed by atoms with E-state index in [-0.39, 0.29) is 6.09 Å². The van der Waals surface area contributed by atoms with Crippen molar-refractivity contribution in [3.63, 3.8) is 0 Å². The van der Waals surface area contributed by atoms with Crippen molar-refractivity contribution in [2.75, 3.05) is 51.7 Å². The average Bonchev–Trinajstić information content (AvgIpc) is 2.61. The number of anilines is 1. The van der Waals surface area contributed by atoms with E-state index >= 15 is 0 Å². The van der Waals surface area contributed by atoms with Gasteiger partial charge in [0.05, 0.1) is 12.8 Å². The van der Waals surface area contributed by atoms with E-state index in [0.717, 1.165) is 54.6 Å². The third-order valence-electron chi connectivity index (χ3n) is 4.52. The first-order valence-corrected chi connectivity index (χ1v) is 9.92. The Labute approximate surface area is 167 Å². The number of nitrogens with zero attached hydrogens (tertiary/aromatic N) is 2. The monoisotopic (exact) mass is 397 g/mol. The summed E-state index contributed by atoms with van der Waals surface area (Å²) >= 11 is 6.26. The van der Waals surface area contributed by atoms with Crippen molar-refractivity contribution >= 4 is 23.4 Å². The molecule has 1 aromatic rings. The van der Waals surface area contributed by atoms with Crippen LogP contribution in [0.4, 0.5) is 10.5 Å². The van der Waals surface area contributed by atoms with E-state index in [4.69, 9.17) is 21.1 Å². The van der Waals surface area contributed by atoms with Crippen LogP contribution in [0.15, 0.2) is 12.1 Å². The van der Waals surface area contributed by atoms with E-state index in [0.29, 0.717) is 13.1 Å². The van der Waals surface area contributed by atoms with Crippen LogP contribution in [0.25, 0.3) is 0 Å². The lowest BCUT2D eigenvalue weighted by Crippen LogP contribution is -2.50. The summed E-state index contributed by atoms with van der Waals surface area (Å²) in [5.41, 5.74) is 1.62. The topological polar surface area (TPSA) is 54.0 Å². The molecule has 1 N–H and O–H groups in total. The fraction of sp³-hybridized carbons (Fsp3) is 0.650. The van der Waals surface area contributed by atoms with Crippen molar-refractivity contribution in [1.29, 1.82) is 0 Å². The molecule has 2 rings (SSSR count). The third kappa shape index (κ3) is 6.47. The van der Waals surface area contributed by atoms with Crippen LogP contribution in [0, 0.1) is 0 Å². The zero-order valence-corrected chi connectivity index (χ0v) is 17.9. The van der Waals surface area contributed by atoms with Gasteiger partial charge in [0.1, 0.15) is 11.4 Å². The van der Waals surface area contributed by atoms with Gasteiger partial charge in [-0.05, 0) is 38.8 Å². The molecular weight excluding hydrogens is 366 g/mol. The number of methoxy groups -OCH3 is 1. The predicted molar refractivity (Wildman–Crippen MR) is 110 cm³/mol. The van der Waals surface area contributed by atoms with Gasteiger partial charge in [0, 0.05) is 50.4 Å². The van der Waals surface area contributed by atoms with Gasteiger partial charge in [-0.15, -0.1) is 0 Å². The maximum absolute atomic E-state index is 12.1. The highest BCUT2D eigenvalue weighted by atomic mass is 35.5. The molecule has 0 unspecified atom stereocenters. The molecule has 6 nitrogen and oxygen atoms in total. The Kier molecular flexibility index (Phi) is 7.62. The van der Waals surface area contributed by atoms with E-state index in [9.17, 15) is 4.79 Å². The van der Waals surface area contributed by atoms with Crippen molar-refractivity contribution in [3.8, 4) is 5.75 Å². The molecule has 0 aliphatic carbocycles. The Hall–Kier alpha value is -1.66. The molecule has 0 radical (unpaired) electrons. The van der Waals surface area contributed by atoms with Gasteiger partial charge in [-0.25, -0.2) is 4.79 Å². The molecule has 1 aromatic carbocycles. The average molecular weight is 398 g/mol. The molecule has 0 bridgehead atoms. The van der Waals surface area contributed by atoms with Crippen LogP contribution >= 0.6 is 11.6 Å². The van der Waals surface area contributed by atoms with Crippen molar-refractivity contribution in [2.45, 2.75) is 39.7 Å². The number of amides is 1. The van der Waals surface area contributed by atoms with Gasteiger partial charge < -0.3 is 19.7 Å². The summed E-state index contributed by atoms with van der Waals surface area (Å²) in [5.74, 6) is 0.756. The van der Waals surface area contributed by atoms with E-state index in [1.807, 2.05) is 26.8 Å². The zero-order valence-electron chi connectivity index (χ0n) is 17.1. The second-order valence-electron chi connectivity index (χ2n) is 7.73. The van der Waals surface area contributed by atoms with Gasteiger partial charge in [-0.1, -0.05) is 18.5 Å². The van der Waals surface area contributed by atoms with Crippen LogP contribution in [-0.4, -0.2) is 67.9 Å². The highest BCUT2D eigenvalue weighted by molar-refractivity contribution is 6.31. The summed E-state index contributed by atoms with van der Waals surface area (Å²) in [7, 11) is 1.65. The number of carbonyl (C=O) groups is 1. The smallest absolute Gasteiger partial charge is 0.410 e. The molecule has 152 valence electrons. The molecule has 1 fully saturated rings. The van der Waals surface area contributed by atoms with E-state index in [1.54, 1.807) is 12.0 Å². The lowest BCUT2D eigenvalue weighted by atomic mass is 10.1. The Morgan fingerprint density at radius 3 is 2.44 bits per heavy atom. The van der Waals surface area contributed by atoms with Crippen LogP contribution in [0.1, 0.15) is 33.3 Å². The van der Waals surface area contributed by atoms with Crippen LogP contribution in [0.5, 0.6) is 5.75 Å². The first kappa shape index (κ1) is 21.6. The minimum atomic E-state index is -0.451. The van der Waals surface area contributed by atoms with Crippen molar-refractivity contribution in [1.82, 2.24) is 9.80 Å². The minimum absolute atomic E-state index is 0.224.